The van der Waals surface area contributed by atoms with E-state index in [1.165, 1.54) is 0 Å². The highest BCUT2D eigenvalue weighted by Crippen LogP contribution is 2.38. The normalized spacial score (nSPS) is 17.2. The lowest BCUT2D eigenvalue weighted by atomic mass is 9.73. The molecular weight excluding hydrogens is 264 g/mol. The molecule has 0 radical (unpaired) electrons. The Bertz CT molecular complexity index is 494. The molecule has 0 saturated heterocycles. The zero-order chi connectivity index (χ0) is 16.4. The first kappa shape index (κ1) is 17.7. The van der Waals surface area contributed by atoms with Gasteiger partial charge in [0, 0.05) is 5.57 Å². The first-order valence-electron chi connectivity index (χ1n) is 7.69. The molecule has 21 heavy (non-hydrogen) atoms. The Morgan fingerprint density at radius 1 is 0.952 bits per heavy atom. The van der Waals surface area contributed by atoms with Crippen molar-refractivity contribution in [3.63, 3.8) is 0 Å². The van der Waals surface area contributed by atoms with Crippen LogP contribution in [-0.4, -0.2) is 18.2 Å². The molecule has 0 amide bonds. The van der Waals surface area contributed by atoms with Crippen molar-refractivity contribution in [2.75, 3.05) is 6.61 Å². The highest BCUT2D eigenvalue weighted by Gasteiger charge is 2.40. The van der Waals surface area contributed by atoms with E-state index in [2.05, 4.69) is 6.92 Å². The molecule has 0 bridgehead atoms. The largest absolute Gasteiger partial charge is 0.493 e. The third-order valence-corrected chi connectivity index (χ3v) is 3.51. The molecule has 1 aliphatic rings. The van der Waals surface area contributed by atoms with Crippen molar-refractivity contribution in [3.8, 4) is 0 Å². The average Bonchev–Trinajstić information content (AvgIpc) is 2.30. The van der Waals surface area contributed by atoms with E-state index in [9.17, 15) is 9.59 Å². The van der Waals surface area contributed by atoms with Crippen LogP contribution in [0.4, 0.5) is 0 Å². The van der Waals surface area contributed by atoms with Crippen LogP contribution < -0.4 is 0 Å². The summed E-state index contributed by atoms with van der Waals surface area (Å²) in [6.45, 7) is 14.3. The fourth-order valence-corrected chi connectivity index (χ4v) is 2.32. The molecular formula is C18H28O3. The maximum atomic E-state index is 12.5. The van der Waals surface area contributed by atoms with Crippen molar-refractivity contribution in [2.24, 2.45) is 10.8 Å². The SMILES string of the molecule is CCCCOC1=C(C(C)(C)C)C(=O)C(=O)C(C(C)(C)C)=C1. The van der Waals surface area contributed by atoms with Crippen molar-refractivity contribution in [2.45, 2.75) is 61.3 Å². The minimum atomic E-state index is -0.415. The summed E-state index contributed by atoms with van der Waals surface area (Å²) >= 11 is 0. The van der Waals surface area contributed by atoms with Crippen LogP contribution in [0.3, 0.4) is 0 Å². The minimum Gasteiger partial charge on any atom is -0.493 e. The second-order valence-corrected chi connectivity index (χ2v) is 7.66. The highest BCUT2D eigenvalue weighted by atomic mass is 16.5. The molecule has 1 rings (SSSR count). The topological polar surface area (TPSA) is 43.4 Å². The van der Waals surface area contributed by atoms with Gasteiger partial charge in [0.05, 0.1) is 12.2 Å². The van der Waals surface area contributed by atoms with E-state index >= 15 is 0 Å². The number of allylic oxidation sites excluding steroid dienone is 3. The van der Waals surface area contributed by atoms with Gasteiger partial charge in [0.1, 0.15) is 5.76 Å². The molecule has 0 aliphatic heterocycles. The van der Waals surface area contributed by atoms with Gasteiger partial charge in [0.15, 0.2) is 0 Å². The highest BCUT2D eigenvalue weighted by molar-refractivity contribution is 6.50. The maximum absolute atomic E-state index is 12.5. The fourth-order valence-electron chi connectivity index (χ4n) is 2.32. The van der Waals surface area contributed by atoms with Crippen LogP contribution in [0.5, 0.6) is 0 Å². The van der Waals surface area contributed by atoms with Gasteiger partial charge in [-0.15, -0.1) is 0 Å². The molecule has 0 fully saturated rings. The summed E-state index contributed by atoms with van der Waals surface area (Å²) in [5.41, 5.74) is 0.257. The molecule has 1 aliphatic carbocycles. The van der Waals surface area contributed by atoms with Gasteiger partial charge < -0.3 is 4.74 Å². The van der Waals surface area contributed by atoms with Gasteiger partial charge in [0.2, 0.25) is 11.6 Å². The maximum Gasteiger partial charge on any atom is 0.233 e. The van der Waals surface area contributed by atoms with Gasteiger partial charge in [-0.1, -0.05) is 54.9 Å². The molecule has 0 unspecified atom stereocenters. The number of Topliss-reactive ketones (excluding diaryl/α,β-unsaturated/α-hetero) is 2. The standard InChI is InChI=1S/C18H28O3/c1-8-9-10-21-13-11-12(17(2,3)4)15(19)16(20)14(13)18(5,6)7/h11H,8-10H2,1-7H3. The molecule has 0 saturated carbocycles. The number of hydrogen-bond acceptors (Lipinski definition) is 3. The molecule has 0 aromatic carbocycles. The van der Waals surface area contributed by atoms with Crippen LogP contribution >= 0.6 is 0 Å². The monoisotopic (exact) mass is 292 g/mol. The van der Waals surface area contributed by atoms with Crippen LogP contribution in [0.25, 0.3) is 0 Å². The molecule has 0 atom stereocenters. The minimum absolute atomic E-state index is 0.366. The summed E-state index contributed by atoms with van der Waals surface area (Å²) in [6, 6.07) is 0. The van der Waals surface area contributed by atoms with Crippen LogP contribution in [0.1, 0.15) is 61.3 Å². The van der Waals surface area contributed by atoms with Gasteiger partial charge >= 0.3 is 0 Å². The average molecular weight is 292 g/mol. The van der Waals surface area contributed by atoms with E-state index in [4.69, 9.17) is 4.74 Å². The van der Waals surface area contributed by atoms with Crippen molar-refractivity contribution >= 4 is 11.6 Å². The third-order valence-electron chi connectivity index (χ3n) is 3.51. The summed E-state index contributed by atoms with van der Waals surface area (Å²) in [5.74, 6) is -0.234. The number of ketones is 2. The lowest BCUT2D eigenvalue weighted by Gasteiger charge is -2.31. The Morgan fingerprint density at radius 3 is 1.95 bits per heavy atom. The van der Waals surface area contributed by atoms with E-state index < -0.39 is 17.0 Å². The third kappa shape index (κ3) is 4.05. The molecule has 0 spiro atoms. The molecule has 118 valence electrons. The Balaban J connectivity index is 3.35. The number of rotatable bonds is 4. The molecule has 0 aromatic rings. The van der Waals surface area contributed by atoms with Gasteiger partial charge in [-0.05, 0) is 23.3 Å². The van der Waals surface area contributed by atoms with Gasteiger partial charge in [-0.3, -0.25) is 9.59 Å². The summed E-state index contributed by atoms with van der Waals surface area (Å²) in [5, 5.41) is 0. The zero-order valence-electron chi connectivity index (χ0n) is 14.4. The Kier molecular flexibility index (Phi) is 5.19. The predicted molar refractivity (Wildman–Crippen MR) is 84.9 cm³/mol. The first-order valence-corrected chi connectivity index (χ1v) is 7.69. The van der Waals surface area contributed by atoms with Gasteiger partial charge in [-0.25, -0.2) is 0 Å². The van der Waals surface area contributed by atoms with Crippen LogP contribution in [0, 0.1) is 10.8 Å². The number of hydrogen-bond donors (Lipinski definition) is 0. The fraction of sp³-hybridized carbons (Fsp3) is 0.667. The van der Waals surface area contributed by atoms with Crippen molar-refractivity contribution < 1.29 is 14.3 Å². The second-order valence-electron chi connectivity index (χ2n) is 7.66. The van der Waals surface area contributed by atoms with Gasteiger partial charge in [-0.2, -0.15) is 0 Å². The van der Waals surface area contributed by atoms with E-state index in [1.54, 1.807) is 6.08 Å². The van der Waals surface area contributed by atoms with Crippen molar-refractivity contribution in [3.05, 3.63) is 23.0 Å². The summed E-state index contributed by atoms with van der Waals surface area (Å²) in [7, 11) is 0. The van der Waals surface area contributed by atoms with Crippen LogP contribution in [0.2, 0.25) is 0 Å². The number of carbonyl (C=O) groups excluding carboxylic acids is 2. The number of unbranched alkanes of at least 4 members (excludes halogenated alkanes) is 1. The van der Waals surface area contributed by atoms with Crippen LogP contribution in [-0.2, 0) is 14.3 Å². The summed E-state index contributed by atoms with van der Waals surface area (Å²) in [4.78, 5) is 24.9. The van der Waals surface area contributed by atoms with E-state index in [0.717, 1.165) is 12.8 Å². The van der Waals surface area contributed by atoms with Gasteiger partial charge in [0.25, 0.3) is 0 Å². The van der Waals surface area contributed by atoms with E-state index in [1.807, 2.05) is 41.5 Å². The first-order chi connectivity index (χ1) is 9.50. The molecule has 0 N–H and O–H groups in total. The lowest BCUT2D eigenvalue weighted by molar-refractivity contribution is -0.133. The number of ether oxygens (including phenoxy) is 1. The molecule has 0 heterocycles. The molecule has 0 aromatic heterocycles. The molecule has 3 nitrogen and oxygen atoms in total. The zero-order valence-corrected chi connectivity index (χ0v) is 14.4. The van der Waals surface area contributed by atoms with E-state index in [0.29, 0.717) is 23.5 Å². The van der Waals surface area contributed by atoms with Crippen LogP contribution in [0.15, 0.2) is 23.0 Å². The Labute approximate surface area is 128 Å². The van der Waals surface area contributed by atoms with E-state index in [-0.39, 0.29) is 5.41 Å². The summed E-state index contributed by atoms with van der Waals surface area (Å²) in [6.07, 6.45) is 3.74. The smallest absolute Gasteiger partial charge is 0.233 e. The van der Waals surface area contributed by atoms with Crippen molar-refractivity contribution in [1.82, 2.24) is 0 Å². The molecule has 3 heteroatoms. The Hall–Kier alpha value is -1.38. The van der Waals surface area contributed by atoms with Crippen molar-refractivity contribution in [1.29, 1.82) is 0 Å². The second kappa shape index (κ2) is 6.17. The quantitative estimate of drug-likeness (QED) is 0.442. The predicted octanol–water partition coefficient (Wildman–Crippen LogP) is 4.23. The Morgan fingerprint density at radius 2 is 1.52 bits per heavy atom. The summed E-state index contributed by atoms with van der Waals surface area (Å²) < 4.78 is 5.84. The lowest BCUT2D eigenvalue weighted by Crippen LogP contribution is -2.34. The number of carbonyl (C=O) groups is 2.